The van der Waals surface area contributed by atoms with Crippen LogP contribution in [0.5, 0.6) is 5.75 Å². The largest absolute Gasteiger partial charge is 0.497 e. The Labute approximate surface area is 178 Å². The van der Waals surface area contributed by atoms with Crippen LogP contribution in [0.4, 0.5) is 5.69 Å². The molecule has 0 aliphatic rings. The number of pyridine rings is 1. The second kappa shape index (κ2) is 8.67. The van der Waals surface area contributed by atoms with Gasteiger partial charge in [0.25, 0.3) is 0 Å². The van der Waals surface area contributed by atoms with Crippen molar-refractivity contribution in [3.8, 4) is 5.75 Å². The van der Waals surface area contributed by atoms with Crippen LogP contribution in [0.3, 0.4) is 0 Å². The zero-order valence-electron chi connectivity index (χ0n) is 16.9. The molecule has 6 nitrogen and oxygen atoms in total. The van der Waals surface area contributed by atoms with Crippen molar-refractivity contribution in [2.24, 2.45) is 0 Å². The molecule has 1 amide bonds. The van der Waals surface area contributed by atoms with E-state index in [2.05, 4.69) is 5.32 Å². The van der Waals surface area contributed by atoms with E-state index in [0.717, 1.165) is 0 Å². The lowest BCUT2D eigenvalue weighted by atomic mass is 10.0. The second-order valence-corrected chi connectivity index (χ2v) is 6.99. The van der Waals surface area contributed by atoms with Crippen LogP contribution in [-0.2, 0) is 11.3 Å². The molecule has 0 fully saturated rings. The first kappa shape index (κ1) is 20.1. The number of nitrogens with one attached hydrogen (secondary N) is 1. The van der Waals surface area contributed by atoms with Crippen molar-refractivity contribution < 1.29 is 14.3 Å². The van der Waals surface area contributed by atoms with Gasteiger partial charge in [-0.05, 0) is 36.4 Å². The van der Waals surface area contributed by atoms with E-state index >= 15 is 0 Å². The zero-order chi connectivity index (χ0) is 21.8. The van der Waals surface area contributed by atoms with E-state index < -0.39 is 0 Å². The molecule has 31 heavy (non-hydrogen) atoms. The molecule has 4 rings (SSSR count). The van der Waals surface area contributed by atoms with Gasteiger partial charge in [0, 0.05) is 22.8 Å². The van der Waals surface area contributed by atoms with Crippen molar-refractivity contribution in [2.75, 3.05) is 12.4 Å². The lowest BCUT2D eigenvalue weighted by Gasteiger charge is -2.13. The summed E-state index contributed by atoms with van der Waals surface area (Å²) in [6.45, 7) is -0.0537. The third kappa shape index (κ3) is 4.23. The van der Waals surface area contributed by atoms with Gasteiger partial charge in [-0.2, -0.15) is 0 Å². The summed E-state index contributed by atoms with van der Waals surface area (Å²) in [5, 5.41) is 3.21. The van der Waals surface area contributed by atoms with Crippen LogP contribution in [0.25, 0.3) is 10.9 Å². The maximum Gasteiger partial charge on any atom is 0.244 e. The van der Waals surface area contributed by atoms with E-state index in [1.165, 1.54) is 6.20 Å². The number of hydrogen-bond acceptors (Lipinski definition) is 4. The Morgan fingerprint density at radius 3 is 2.29 bits per heavy atom. The summed E-state index contributed by atoms with van der Waals surface area (Å²) in [7, 11) is 1.57. The Kier molecular flexibility index (Phi) is 5.62. The number of rotatable bonds is 6. The third-order valence-electron chi connectivity index (χ3n) is 4.96. The van der Waals surface area contributed by atoms with Gasteiger partial charge in [0.15, 0.2) is 5.78 Å². The molecular formula is C25H20N2O4. The van der Waals surface area contributed by atoms with Gasteiger partial charge in [-0.15, -0.1) is 0 Å². The van der Waals surface area contributed by atoms with E-state index in [4.69, 9.17) is 4.74 Å². The molecule has 1 heterocycles. The summed E-state index contributed by atoms with van der Waals surface area (Å²) < 4.78 is 6.75. The maximum absolute atomic E-state index is 13.0. The van der Waals surface area contributed by atoms with Crippen molar-refractivity contribution in [1.82, 2.24) is 4.57 Å². The molecule has 4 aromatic rings. The van der Waals surface area contributed by atoms with E-state index in [-0.39, 0.29) is 29.2 Å². The van der Waals surface area contributed by atoms with Gasteiger partial charge in [0.1, 0.15) is 12.3 Å². The predicted octanol–water partition coefficient (Wildman–Crippen LogP) is 3.88. The van der Waals surface area contributed by atoms with Crippen LogP contribution in [0, 0.1) is 0 Å². The average Bonchev–Trinajstić information content (AvgIpc) is 2.81. The molecule has 1 N–H and O–H groups in total. The van der Waals surface area contributed by atoms with Crippen LogP contribution >= 0.6 is 0 Å². The number of anilines is 1. The third-order valence-corrected chi connectivity index (χ3v) is 4.96. The van der Waals surface area contributed by atoms with E-state index in [9.17, 15) is 14.4 Å². The minimum atomic E-state index is -0.374. The van der Waals surface area contributed by atoms with Gasteiger partial charge >= 0.3 is 0 Å². The van der Waals surface area contributed by atoms with Gasteiger partial charge < -0.3 is 14.6 Å². The molecule has 1 aromatic heterocycles. The highest BCUT2D eigenvalue weighted by atomic mass is 16.5. The number of methoxy groups -OCH3 is 1. The molecular weight excluding hydrogens is 392 g/mol. The summed E-state index contributed by atoms with van der Waals surface area (Å²) in [6, 6.07) is 22.6. The Hall–Kier alpha value is -4.19. The topological polar surface area (TPSA) is 77.4 Å². The highest BCUT2D eigenvalue weighted by Crippen LogP contribution is 2.17. The summed E-state index contributed by atoms with van der Waals surface area (Å²) in [5.41, 5.74) is 1.31. The summed E-state index contributed by atoms with van der Waals surface area (Å²) >= 11 is 0. The first-order valence-corrected chi connectivity index (χ1v) is 9.72. The first-order valence-electron chi connectivity index (χ1n) is 9.72. The lowest BCUT2D eigenvalue weighted by molar-refractivity contribution is -0.116. The second-order valence-electron chi connectivity index (χ2n) is 6.99. The number of fused-ring (bicyclic) bond motifs is 1. The monoisotopic (exact) mass is 412 g/mol. The minimum Gasteiger partial charge on any atom is -0.497 e. The fourth-order valence-electron chi connectivity index (χ4n) is 3.41. The highest BCUT2D eigenvalue weighted by molar-refractivity contribution is 6.10. The summed E-state index contributed by atoms with van der Waals surface area (Å²) in [5.74, 6) is 0.0335. The molecule has 0 spiro atoms. The molecule has 0 aliphatic carbocycles. The van der Waals surface area contributed by atoms with E-state index in [1.54, 1.807) is 90.5 Å². The number of carbonyl (C=O) groups is 2. The molecule has 0 radical (unpaired) electrons. The lowest BCUT2D eigenvalue weighted by Crippen LogP contribution is -2.24. The Balaban J connectivity index is 1.69. The summed E-state index contributed by atoms with van der Waals surface area (Å²) in [6.07, 6.45) is 1.47. The Morgan fingerprint density at radius 1 is 0.903 bits per heavy atom. The van der Waals surface area contributed by atoms with Crippen LogP contribution in [0.1, 0.15) is 15.9 Å². The SMILES string of the molecule is COc1ccc(NC(=O)Cn2cc(C(=O)c3ccccc3)c(=O)c3ccccc32)cc1. The van der Waals surface area contributed by atoms with Crippen LogP contribution < -0.4 is 15.5 Å². The van der Waals surface area contributed by atoms with Crippen molar-refractivity contribution in [2.45, 2.75) is 6.54 Å². The average molecular weight is 412 g/mol. The minimum absolute atomic E-state index is 0.0298. The van der Waals surface area contributed by atoms with Crippen molar-refractivity contribution in [3.05, 3.63) is 106 Å². The van der Waals surface area contributed by atoms with Gasteiger partial charge in [0.2, 0.25) is 11.3 Å². The van der Waals surface area contributed by atoms with Crippen molar-refractivity contribution in [3.63, 3.8) is 0 Å². The van der Waals surface area contributed by atoms with Crippen molar-refractivity contribution in [1.29, 1.82) is 0 Å². The Bertz CT molecular complexity index is 1310. The normalized spacial score (nSPS) is 10.6. The number of benzene rings is 3. The van der Waals surface area contributed by atoms with E-state index in [0.29, 0.717) is 27.9 Å². The number of ketones is 1. The molecule has 0 saturated heterocycles. The van der Waals surface area contributed by atoms with Crippen LogP contribution in [0.15, 0.2) is 89.9 Å². The van der Waals surface area contributed by atoms with Crippen molar-refractivity contribution >= 4 is 28.3 Å². The zero-order valence-corrected chi connectivity index (χ0v) is 16.9. The van der Waals surface area contributed by atoms with Crippen LogP contribution in [-0.4, -0.2) is 23.4 Å². The molecule has 0 aliphatic heterocycles. The molecule has 0 unspecified atom stereocenters. The quantitative estimate of drug-likeness (QED) is 0.488. The first-order chi connectivity index (χ1) is 15.1. The number of amides is 1. The molecule has 6 heteroatoms. The number of para-hydroxylation sites is 1. The standard InChI is InChI=1S/C25H20N2O4/c1-31-19-13-11-18(12-14-19)26-23(28)16-27-15-21(24(29)17-7-3-2-4-8-17)25(30)20-9-5-6-10-22(20)27/h2-15H,16H2,1H3,(H,26,28). The smallest absolute Gasteiger partial charge is 0.244 e. The highest BCUT2D eigenvalue weighted by Gasteiger charge is 2.18. The van der Waals surface area contributed by atoms with Gasteiger partial charge in [-0.1, -0.05) is 42.5 Å². The van der Waals surface area contributed by atoms with E-state index in [1.807, 2.05) is 0 Å². The fourth-order valence-corrected chi connectivity index (χ4v) is 3.41. The molecule has 0 atom stereocenters. The van der Waals surface area contributed by atoms with Gasteiger partial charge in [-0.3, -0.25) is 14.4 Å². The Morgan fingerprint density at radius 2 is 1.58 bits per heavy atom. The molecule has 0 bridgehead atoms. The number of aromatic nitrogens is 1. The predicted molar refractivity (Wildman–Crippen MR) is 120 cm³/mol. The molecule has 154 valence electrons. The molecule has 3 aromatic carbocycles. The molecule has 0 saturated carbocycles. The maximum atomic E-state index is 13.0. The summed E-state index contributed by atoms with van der Waals surface area (Å²) in [4.78, 5) is 38.7. The number of ether oxygens (including phenoxy) is 1. The van der Waals surface area contributed by atoms with Gasteiger partial charge in [-0.25, -0.2) is 0 Å². The fraction of sp³-hybridized carbons (Fsp3) is 0.0800. The number of carbonyl (C=O) groups excluding carboxylic acids is 2. The number of nitrogens with zero attached hydrogens (tertiary/aromatic N) is 1. The van der Waals surface area contributed by atoms with Crippen LogP contribution in [0.2, 0.25) is 0 Å². The van der Waals surface area contributed by atoms with Gasteiger partial charge in [0.05, 0.1) is 18.2 Å². The number of hydrogen-bond donors (Lipinski definition) is 1.